The molecule has 2 aromatic rings. The zero-order valence-electron chi connectivity index (χ0n) is 11.4. The number of amides is 3. The molecule has 0 aromatic heterocycles. The first-order chi connectivity index (χ1) is 10.6. The molecule has 1 heterocycles. The number of hydrogen-bond donors (Lipinski definition) is 1. The fraction of sp³-hybridized carbons (Fsp3) is 0.0625. The van der Waals surface area contributed by atoms with Crippen molar-refractivity contribution in [2.45, 2.75) is 0 Å². The van der Waals surface area contributed by atoms with Gasteiger partial charge in [-0.05, 0) is 24.3 Å². The molecule has 0 spiro atoms. The van der Waals surface area contributed by atoms with Crippen molar-refractivity contribution in [2.24, 2.45) is 0 Å². The van der Waals surface area contributed by atoms with Gasteiger partial charge in [0, 0.05) is 5.69 Å². The minimum absolute atomic E-state index is 0.0162. The third-order valence-electron chi connectivity index (χ3n) is 3.31. The van der Waals surface area contributed by atoms with E-state index in [2.05, 4.69) is 5.32 Å². The number of fused-ring (bicyclic) bond motifs is 1. The summed E-state index contributed by atoms with van der Waals surface area (Å²) in [5.41, 5.74) is 0.257. The molecule has 0 fully saturated rings. The van der Waals surface area contributed by atoms with Gasteiger partial charge in [-0.1, -0.05) is 24.3 Å². The molecular formula is C16H11FN2O3. The molecule has 3 amide bonds. The SMILES string of the molecule is O=C(CN1C(=O)c2cccc(F)c2C1=O)Nc1ccccc1. The van der Waals surface area contributed by atoms with Crippen molar-refractivity contribution in [1.29, 1.82) is 0 Å². The molecule has 0 atom stereocenters. The normalized spacial score (nSPS) is 13.2. The van der Waals surface area contributed by atoms with Gasteiger partial charge in [-0.3, -0.25) is 19.3 Å². The highest BCUT2D eigenvalue weighted by atomic mass is 19.1. The number of anilines is 1. The highest BCUT2D eigenvalue weighted by Gasteiger charge is 2.38. The predicted octanol–water partition coefficient (Wildman–Crippen LogP) is 2.06. The Kier molecular flexibility index (Phi) is 3.42. The van der Waals surface area contributed by atoms with Crippen molar-refractivity contribution in [3.8, 4) is 0 Å². The number of carbonyl (C=O) groups excluding carboxylic acids is 3. The zero-order chi connectivity index (χ0) is 15.7. The van der Waals surface area contributed by atoms with E-state index in [1.165, 1.54) is 12.1 Å². The van der Waals surface area contributed by atoms with E-state index in [4.69, 9.17) is 0 Å². The van der Waals surface area contributed by atoms with Crippen LogP contribution < -0.4 is 5.32 Å². The van der Waals surface area contributed by atoms with Crippen molar-refractivity contribution in [3.05, 3.63) is 65.5 Å². The van der Waals surface area contributed by atoms with Crippen molar-refractivity contribution in [2.75, 3.05) is 11.9 Å². The summed E-state index contributed by atoms with van der Waals surface area (Å²) in [4.78, 5) is 36.9. The number of halogens is 1. The van der Waals surface area contributed by atoms with Crippen molar-refractivity contribution in [3.63, 3.8) is 0 Å². The zero-order valence-corrected chi connectivity index (χ0v) is 11.4. The van der Waals surface area contributed by atoms with E-state index >= 15 is 0 Å². The lowest BCUT2D eigenvalue weighted by Crippen LogP contribution is -2.37. The van der Waals surface area contributed by atoms with Crippen LogP contribution >= 0.6 is 0 Å². The van der Waals surface area contributed by atoms with Crippen molar-refractivity contribution < 1.29 is 18.8 Å². The van der Waals surface area contributed by atoms with Gasteiger partial charge in [0.2, 0.25) is 5.91 Å². The topological polar surface area (TPSA) is 66.5 Å². The van der Waals surface area contributed by atoms with Crippen LogP contribution in [0.15, 0.2) is 48.5 Å². The second-order valence-corrected chi connectivity index (χ2v) is 4.77. The Morgan fingerprint density at radius 3 is 2.41 bits per heavy atom. The van der Waals surface area contributed by atoms with E-state index in [1.54, 1.807) is 30.3 Å². The molecule has 0 bridgehead atoms. The van der Waals surface area contributed by atoms with Gasteiger partial charge < -0.3 is 5.32 Å². The van der Waals surface area contributed by atoms with Crippen LogP contribution in [0.25, 0.3) is 0 Å². The van der Waals surface area contributed by atoms with E-state index in [0.29, 0.717) is 5.69 Å². The summed E-state index contributed by atoms with van der Waals surface area (Å²) in [5, 5.41) is 2.57. The molecule has 0 saturated heterocycles. The minimum Gasteiger partial charge on any atom is -0.325 e. The molecule has 6 heteroatoms. The molecule has 5 nitrogen and oxygen atoms in total. The number of benzene rings is 2. The molecule has 2 aromatic carbocycles. The van der Waals surface area contributed by atoms with Gasteiger partial charge in [0.15, 0.2) is 0 Å². The Labute approximate surface area is 125 Å². The number of nitrogens with zero attached hydrogens (tertiary/aromatic N) is 1. The monoisotopic (exact) mass is 298 g/mol. The molecule has 22 heavy (non-hydrogen) atoms. The number of para-hydroxylation sites is 1. The lowest BCUT2D eigenvalue weighted by Gasteiger charge is -2.13. The summed E-state index contributed by atoms with van der Waals surface area (Å²) < 4.78 is 13.7. The maximum atomic E-state index is 13.7. The first kappa shape index (κ1) is 13.9. The molecule has 3 rings (SSSR count). The number of carbonyl (C=O) groups is 3. The third kappa shape index (κ3) is 2.35. The maximum Gasteiger partial charge on any atom is 0.265 e. The van der Waals surface area contributed by atoms with Gasteiger partial charge in [-0.25, -0.2) is 4.39 Å². The summed E-state index contributed by atoms with van der Waals surface area (Å²) in [6.07, 6.45) is 0. The lowest BCUT2D eigenvalue weighted by atomic mass is 10.1. The number of imide groups is 1. The average molecular weight is 298 g/mol. The Morgan fingerprint density at radius 1 is 1.00 bits per heavy atom. The lowest BCUT2D eigenvalue weighted by molar-refractivity contribution is -0.116. The standard InChI is InChI=1S/C16H11FN2O3/c17-12-8-4-7-11-14(12)16(22)19(15(11)21)9-13(20)18-10-5-2-1-3-6-10/h1-8H,9H2,(H,18,20). The fourth-order valence-corrected chi connectivity index (χ4v) is 2.30. The second-order valence-electron chi connectivity index (χ2n) is 4.77. The summed E-state index contributed by atoms with van der Waals surface area (Å²) in [6.45, 7) is -0.458. The summed E-state index contributed by atoms with van der Waals surface area (Å²) in [7, 11) is 0. The molecule has 0 aliphatic carbocycles. The Balaban J connectivity index is 1.77. The van der Waals surface area contributed by atoms with E-state index in [9.17, 15) is 18.8 Å². The van der Waals surface area contributed by atoms with Crippen LogP contribution in [0.1, 0.15) is 20.7 Å². The van der Waals surface area contributed by atoms with Gasteiger partial charge >= 0.3 is 0 Å². The largest absolute Gasteiger partial charge is 0.325 e. The molecule has 0 saturated carbocycles. The molecule has 1 aliphatic heterocycles. The maximum absolute atomic E-state index is 13.7. The molecule has 0 unspecified atom stereocenters. The first-order valence-corrected chi connectivity index (χ1v) is 6.57. The van der Waals surface area contributed by atoms with Crippen LogP contribution in [0, 0.1) is 5.82 Å². The van der Waals surface area contributed by atoms with Gasteiger partial charge in [0.05, 0.1) is 11.1 Å². The van der Waals surface area contributed by atoms with Crippen LogP contribution in [0.5, 0.6) is 0 Å². The molecule has 110 valence electrons. The fourth-order valence-electron chi connectivity index (χ4n) is 2.30. The molecule has 1 aliphatic rings. The number of nitrogens with one attached hydrogen (secondary N) is 1. The smallest absolute Gasteiger partial charge is 0.265 e. The van der Waals surface area contributed by atoms with Gasteiger partial charge in [-0.2, -0.15) is 0 Å². The number of hydrogen-bond acceptors (Lipinski definition) is 3. The van der Waals surface area contributed by atoms with Crippen LogP contribution in [0.2, 0.25) is 0 Å². The summed E-state index contributed by atoms with van der Waals surface area (Å²) in [5.74, 6) is -2.74. The van der Waals surface area contributed by atoms with E-state index < -0.39 is 30.1 Å². The van der Waals surface area contributed by atoms with Crippen LogP contribution in [0.3, 0.4) is 0 Å². The Hall–Kier alpha value is -3.02. The van der Waals surface area contributed by atoms with E-state index in [-0.39, 0.29) is 11.1 Å². The molecule has 0 radical (unpaired) electrons. The summed E-state index contributed by atoms with van der Waals surface area (Å²) in [6, 6.07) is 12.5. The van der Waals surface area contributed by atoms with Gasteiger partial charge in [0.1, 0.15) is 12.4 Å². The molecular weight excluding hydrogens is 287 g/mol. The minimum atomic E-state index is -0.790. The average Bonchev–Trinajstić information content (AvgIpc) is 2.74. The number of rotatable bonds is 3. The van der Waals surface area contributed by atoms with Gasteiger partial charge in [0.25, 0.3) is 11.8 Å². The van der Waals surface area contributed by atoms with Gasteiger partial charge in [-0.15, -0.1) is 0 Å². The Bertz CT molecular complexity index is 774. The van der Waals surface area contributed by atoms with Crippen molar-refractivity contribution in [1.82, 2.24) is 4.90 Å². The highest BCUT2D eigenvalue weighted by molar-refractivity contribution is 6.22. The van der Waals surface area contributed by atoms with E-state index in [0.717, 1.165) is 11.0 Å². The highest BCUT2D eigenvalue weighted by Crippen LogP contribution is 2.25. The Morgan fingerprint density at radius 2 is 1.73 bits per heavy atom. The summed E-state index contributed by atoms with van der Waals surface area (Å²) >= 11 is 0. The van der Waals surface area contributed by atoms with Crippen LogP contribution in [0.4, 0.5) is 10.1 Å². The third-order valence-corrected chi connectivity index (χ3v) is 3.31. The molecule has 1 N–H and O–H groups in total. The quantitative estimate of drug-likeness (QED) is 0.882. The van der Waals surface area contributed by atoms with Crippen LogP contribution in [-0.4, -0.2) is 29.2 Å². The van der Waals surface area contributed by atoms with Crippen molar-refractivity contribution >= 4 is 23.4 Å². The predicted molar refractivity (Wildman–Crippen MR) is 76.8 cm³/mol. The van der Waals surface area contributed by atoms with Crippen LogP contribution in [-0.2, 0) is 4.79 Å². The second kappa shape index (κ2) is 5.40. The van der Waals surface area contributed by atoms with E-state index in [1.807, 2.05) is 0 Å². The first-order valence-electron chi connectivity index (χ1n) is 6.57.